The van der Waals surface area contributed by atoms with Crippen LogP contribution in [0.15, 0.2) is 30.5 Å². The number of amides is 1. The molecule has 0 spiro atoms. The third-order valence-electron chi connectivity index (χ3n) is 6.75. The largest absolute Gasteiger partial charge is 0.499 e. The number of hydrogen-bond acceptors (Lipinski definition) is 10. The maximum Gasteiger partial charge on any atom is 0.327 e. The summed E-state index contributed by atoms with van der Waals surface area (Å²) in [5.74, 6) is -0.910. The zero-order valence-electron chi connectivity index (χ0n) is 18.5. The van der Waals surface area contributed by atoms with Crippen LogP contribution >= 0.6 is 0 Å². The summed E-state index contributed by atoms with van der Waals surface area (Å²) in [6, 6.07) is 6.60. The summed E-state index contributed by atoms with van der Waals surface area (Å²) in [4.78, 5) is 32.9. The molecule has 4 fully saturated rings. The average Bonchev–Trinajstić information content (AvgIpc) is 3.45. The summed E-state index contributed by atoms with van der Waals surface area (Å²) in [5, 5.41) is 22.3. The predicted molar refractivity (Wildman–Crippen MR) is 114 cm³/mol. The second kappa shape index (κ2) is 9.61. The predicted octanol–water partition coefficient (Wildman–Crippen LogP) is -0.684. The second-order valence-electron chi connectivity index (χ2n) is 8.73. The molecule has 0 aromatic heterocycles. The Labute approximate surface area is 196 Å². The van der Waals surface area contributed by atoms with Crippen LogP contribution in [-0.4, -0.2) is 90.8 Å². The van der Waals surface area contributed by atoms with Gasteiger partial charge in [-0.25, -0.2) is 0 Å². The first-order valence-electron chi connectivity index (χ1n) is 11.3. The second-order valence-corrected chi connectivity index (χ2v) is 8.73. The molecular weight excluding hydrogens is 448 g/mol. The molecule has 1 aliphatic carbocycles. The first-order chi connectivity index (χ1) is 16.6. The third kappa shape index (κ3) is 3.88. The van der Waals surface area contributed by atoms with Gasteiger partial charge in [0.1, 0.15) is 43.2 Å². The molecule has 11 heteroatoms. The Balaban J connectivity index is 1.43. The minimum absolute atomic E-state index is 0.0367. The Morgan fingerprint density at radius 2 is 2.12 bits per heavy atom. The molecule has 3 N–H and O–H groups in total. The van der Waals surface area contributed by atoms with Crippen molar-refractivity contribution in [2.75, 3.05) is 33.2 Å². The number of esters is 1. The number of aliphatic hydroxyl groups excluding tert-OH is 2. The topological polar surface area (TPSA) is 136 Å². The highest BCUT2D eigenvalue weighted by molar-refractivity contribution is 5.93. The van der Waals surface area contributed by atoms with Gasteiger partial charge in [0, 0.05) is 13.0 Å². The van der Waals surface area contributed by atoms with E-state index >= 15 is 0 Å². The zero-order valence-corrected chi connectivity index (χ0v) is 18.5. The number of hydrogen-bond donors (Lipinski definition) is 3. The maximum atomic E-state index is 13.4. The molecular formula is C23H28N2O9. The minimum atomic E-state index is -1.22. The van der Waals surface area contributed by atoms with Crippen LogP contribution in [0.4, 0.5) is 0 Å². The molecule has 1 aromatic rings. The molecule has 2 bridgehead atoms. The number of rotatable bonds is 9. The van der Waals surface area contributed by atoms with Crippen molar-refractivity contribution in [2.24, 2.45) is 5.41 Å². The fraction of sp³-hybridized carbons (Fsp3) is 0.565. The summed E-state index contributed by atoms with van der Waals surface area (Å²) in [6.07, 6.45) is 1.12. The van der Waals surface area contributed by atoms with Crippen LogP contribution in [0.2, 0.25) is 0 Å². The van der Waals surface area contributed by atoms with E-state index in [9.17, 15) is 14.7 Å². The van der Waals surface area contributed by atoms with Gasteiger partial charge in [0.05, 0.1) is 26.0 Å². The summed E-state index contributed by atoms with van der Waals surface area (Å²) >= 11 is 0. The number of benzene rings is 1. The SMILES string of the molecule is O=C1OC2CC3(C(=O)NCCO)C(ON(Cc4cccc(C=COCCO)c4)C13)C1OCOC21. The van der Waals surface area contributed by atoms with Crippen LogP contribution in [0, 0.1) is 5.41 Å². The number of nitrogens with zero attached hydrogens (tertiary/aromatic N) is 1. The highest BCUT2D eigenvalue weighted by Crippen LogP contribution is 2.55. The molecule has 0 radical (unpaired) electrons. The maximum absolute atomic E-state index is 13.4. The molecule has 3 saturated heterocycles. The smallest absolute Gasteiger partial charge is 0.327 e. The van der Waals surface area contributed by atoms with Crippen molar-refractivity contribution in [1.29, 1.82) is 0 Å². The molecule has 1 aromatic carbocycles. The van der Waals surface area contributed by atoms with Gasteiger partial charge in [-0.3, -0.25) is 14.4 Å². The van der Waals surface area contributed by atoms with Crippen molar-refractivity contribution in [1.82, 2.24) is 10.4 Å². The van der Waals surface area contributed by atoms with Crippen LogP contribution < -0.4 is 5.32 Å². The minimum Gasteiger partial charge on any atom is -0.499 e. The van der Waals surface area contributed by atoms with Gasteiger partial charge in [-0.2, -0.15) is 5.06 Å². The Kier molecular flexibility index (Phi) is 6.56. The summed E-state index contributed by atoms with van der Waals surface area (Å²) in [6.45, 7) is 0.253. The van der Waals surface area contributed by atoms with Crippen molar-refractivity contribution in [3.05, 3.63) is 41.7 Å². The molecule has 1 saturated carbocycles. The standard InChI is InChI=1S/C23H28N2O9/c26-6-5-24-22(29)23-11-16-17-18(32-13-31-17)20(23)34-25(19(23)21(28)33-16)12-15-3-1-2-14(10-15)4-8-30-9-7-27/h1-4,8,10,16-20,26-27H,5-7,9,11-13H2,(H,24,29). The monoisotopic (exact) mass is 476 g/mol. The lowest BCUT2D eigenvalue weighted by atomic mass is 9.62. The fourth-order valence-corrected chi connectivity index (χ4v) is 5.39. The molecule has 6 unspecified atom stereocenters. The van der Waals surface area contributed by atoms with Gasteiger partial charge in [-0.15, -0.1) is 0 Å². The molecule has 3 aliphatic heterocycles. The number of ether oxygens (including phenoxy) is 4. The third-order valence-corrected chi connectivity index (χ3v) is 6.75. The van der Waals surface area contributed by atoms with Gasteiger partial charge in [-0.1, -0.05) is 24.3 Å². The van der Waals surface area contributed by atoms with Gasteiger partial charge in [0.15, 0.2) is 6.04 Å². The van der Waals surface area contributed by atoms with E-state index in [0.29, 0.717) is 0 Å². The highest BCUT2D eigenvalue weighted by Gasteiger charge is 2.74. The first-order valence-corrected chi connectivity index (χ1v) is 11.3. The van der Waals surface area contributed by atoms with Crippen LogP contribution in [0.25, 0.3) is 6.08 Å². The number of hydroxylamine groups is 2. The van der Waals surface area contributed by atoms with Crippen LogP contribution in [-0.2, 0) is 39.9 Å². The molecule has 6 atom stereocenters. The lowest BCUT2D eigenvalue weighted by molar-refractivity contribution is -0.201. The van der Waals surface area contributed by atoms with E-state index in [4.69, 9.17) is 28.9 Å². The quantitative estimate of drug-likeness (QED) is 0.239. The Hall–Kier alpha value is -2.54. The highest BCUT2D eigenvalue weighted by atomic mass is 16.8. The summed E-state index contributed by atoms with van der Waals surface area (Å²) < 4.78 is 22.3. The van der Waals surface area contributed by atoms with Crippen LogP contribution in [0.3, 0.4) is 0 Å². The van der Waals surface area contributed by atoms with E-state index < -0.39 is 41.8 Å². The van der Waals surface area contributed by atoms with E-state index in [0.717, 1.165) is 11.1 Å². The van der Waals surface area contributed by atoms with Crippen molar-refractivity contribution in [2.45, 2.75) is 43.4 Å². The molecule has 184 valence electrons. The Morgan fingerprint density at radius 1 is 1.26 bits per heavy atom. The number of nitrogens with one attached hydrogen (secondary N) is 1. The van der Waals surface area contributed by atoms with E-state index in [1.165, 1.54) is 11.3 Å². The first kappa shape index (κ1) is 23.2. The Bertz CT molecular complexity index is 956. The van der Waals surface area contributed by atoms with Gasteiger partial charge in [-0.05, 0) is 17.2 Å². The van der Waals surface area contributed by atoms with Crippen LogP contribution in [0.1, 0.15) is 17.5 Å². The molecule has 4 aliphatic rings. The molecule has 1 amide bonds. The van der Waals surface area contributed by atoms with Crippen LogP contribution in [0.5, 0.6) is 0 Å². The van der Waals surface area contributed by atoms with E-state index in [1.54, 1.807) is 6.08 Å². The molecule has 3 heterocycles. The number of carbonyl (C=O) groups is 2. The van der Waals surface area contributed by atoms with Crippen molar-refractivity contribution in [3.63, 3.8) is 0 Å². The molecule has 5 rings (SSSR count). The normalized spacial score (nSPS) is 34.2. The average molecular weight is 476 g/mol. The summed E-state index contributed by atoms with van der Waals surface area (Å²) in [7, 11) is 0. The van der Waals surface area contributed by atoms with Gasteiger partial charge in [0.25, 0.3) is 0 Å². The molecule has 11 nitrogen and oxygen atoms in total. The van der Waals surface area contributed by atoms with E-state index in [1.807, 2.05) is 24.3 Å². The van der Waals surface area contributed by atoms with Gasteiger partial charge < -0.3 is 34.5 Å². The van der Waals surface area contributed by atoms with Crippen molar-refractivity contribution >= 4 is 18.0 Å². The van der Waals surface area contributed by atoms with Crippen molar-refractivity contribution < 1.29 is 43.6 Å². The van der Waals surface area contributed by atoms with Gasteiger partial charge >= 0.3 is 5.97 Å². The Morgan fingerprint density at radius 3 is 2.94 bits per heavy atom. The number of fused-ring (bicyclic) bond motifs is 4. The lowest BCUT2D eigenvalue weighted by Gasteiger charge is -2.48. The zero-order chi connectivity index (χ0) is 23.7. The summed E-state index contributed by atoms with van der Waals surface area (Å²) in [5.41, 5.74) is 0.491. The van der Waals surface area contributed by atoms with Gasteiger partial charge in [0.2, 0.25) is 5.91 Å². The number of carbonyl (C=O) groups excluding carboxylic acids is 2. The fourth-order valence-electron chi connectivity index (χ4n) is 5.39. The van der Waals surface area contributed by atoms with Crippen molar-refractivity contribution in [3.8, 4) is 0 Å². The van der Waals surface area contributed by atoms with E-state index in [-0.39, 0.29) is 52.0 Å². The lowest BCUT2D eigenvalue weighted by Crippen LogP contribution is -2.69. The number of aliphatic hydroxyl groups is 2. The molecule has 34 heavy (non-hydrogen) atoms. The van der Waals surface area contributed by atoms with E-state index in [2.05, 4.69) is 5.32 Å².